The summed E-state index contributed by atoms with van der Waals surface area (Å²) in [5.74, 6) is 0. The molecule has 1 atom stereocenters. The van der Waals surface area contributed by atoms with Gasteiger partial charge in [0, 0.05) is 0 Å². The molecule has 0 aromatic carbocycles. The molecule has 0 aliphatic carbocycles. The van der Waals surface area contributed by atoms with Gasteiger partial charge >= 0.3 is 0 Å². The Labute approximate surface area is 160 Å². The van der Waals surface area contributed by atoms with E-state index in [0.717, 1.165) is 6.54 Å². The maximum atomic E-state index is 5.66. The quantitative estimate of drug-likeness (QED) is 0.167. The Kier molecular flexibility index (Phi) is 21.9. The molecule has 2 nitrogen and oxygen atoms in total. The van der Waals surface area contributed by atoms with Crippen molar-refractivity contribution in [2.45, 2.75) is 142 Å². The Bertz CT molecular complexity index is 228. The predicted molar refractivity (Wildman–Crippen MR) is 115 cm³/mol. The molecule has 0 saturated carbocycles. The van der Waals surface area contributed by atoms with Crippen LogP contribution in [0.2, 0.25) is 0 Å². The number of nitrogens with one attached hydrogen (secondary N) is 1. The van der Waals surface area contributed by atoms with Crippen LogP contribution < -0.4 is 11.1 Å². The smallest absolute Gasteiger partial charge is 0.0517 e. The molecule has 0 aromatic rings. The second kappa shape index (κ2) is 22.0. The van der Waals surface area contributed by atoms with Crippen LogP contribution in [-0.2, 0) is 0 Å². The molecule has 2 heteroatoms. The molecular formula is C23H50N2. The standard InChI is InChI=1S/C23H50N2/c1-3-4-5-6-7-8-9-10-11-12-13-14-15-16-17-18-19-20-21-22-25-23(2)24/h23,25H,3-22,24H2,1-2H3. The second-order valence-corrected chi connectivity index (χ2v) is 8.11. The van der Waals surface area contributed by atoms with Crippen LogP contribution in [0.5, 0.6) is 0 Å². The van der Waals surface area contributed by atoms with Crippen LogP contribution in [0.25, 0.3) is 0 Å². The summed E-state index contributed by atoms with van der Waals surface area (Å²) in [6, 6.07) is 0. The van der Waals surface area contributed by atoms with Gasteiger partial charge in [0.1, 0.15) is 0 Å². The lowest BCUT2D eigenvalue weighted by molar-refractivity contribution is 0.509. The monoisotopic (exact) mass is 354 g/mol. The summed E-state index contributed by atoms with van der Waals surface area (Å²) in [5.41, 5.74) is 5.66. The van der Waals surface area contributed by atoms with Crippen molar-refractivity contribution in [3.05, 3.63) is 0 Å². The first-order valence-electron chi connectivity index (χ1n) is 11.8. The van der Waals surface area contributed by atoms with Gasteiger partial charge in [-0.2, -0.15) is 0 Å². The van der Waals surface area contributed by atoms with Gasteiger partial charge in [-0.25, -0.2) is 0 Å². The van der Waals surface area contributed by atoms with Gasteiger partial charge in [-0.05, 0) is 19.9 Å². The molecule has 0 radical (unpaired) electrons. The van der Waals surface area contributed by atoms with Gasteiger partial charge in [0.2, 0.25) is 0 Å². The minimum Gasteiger partial charge on any atom is -0.316 e. The van der Waals surface area contributed by atoms with E-state index in [-0.39, 0.29) is 6.17 Å². The summed E-state index contributed by atoms with van der Waals surface area (Å²) in [4.78, 5) is 0. The summed E-state index contributed by atoms with van der Waals surface area (Å²) < 4.78 is 0. The van der Waals surface area contributed by atoms with Crippen molar-refractivity contribution in [2.75, 3.05) is 6.54 Å². The molecule has 0 heterocycles. The zero-order valence-electron chi connectivity index (χ0n) is 17.8. The Morgan fingerprint density at radius 3 is 1.08 bits per heavy atom. The molecule has 0 aliphatic heterocycles. The molecule has 0 fully saturated rings. The molecule has 0 aliphatic rings. The van der Waals surface area contributed by atoms with Crippen LogP contribution >= 0.6 is 0 Å². The van der Waals surface area contributed by atoms with Crippen molar-refractivity contribution in [2.24, 2.45) is 5.73 Å². The van der Waals surface area contributed by atoms with Gasteiger partial charge in [0.15, 0.2) is 0 Å². The minimum atomic E-state index is 0.149. The zero-order valence-corrected chi connectivity index (χ0v) is 17.8. The summed E-state index contributed by atoms with van der Waals surface area (Å²) in [7, 11) is 0. The summed E-state index contributed by atoms with van der Waals surface area (Å²) in [6.45, 7) is 5.39. The maximum absolute atomic E-state index is 5.66. The van der Waals surface area contributed by atoms with Crippen molar-refractivity contribution in [1.29, 1.82) is 0 Å². The van der Waals surface area contributed by atoms with E-state index < -0.39 is 0 Å². The molecule has 25 heavy (non-hydrogen) atoms. The lowest BCUT2D eigenvalue weighted by Crippen LogP contribution is -2.34. The van der Waals surface area contributed by atoms with Gasteiger partial charge in [-0.1, -0.05) is 122 Å². The molecule has 0 rings (SSSR count). The van der Waals surface area contributed by atoms with E-state index in [9.17, 15) is 0 Å². The molecule has 0 spiro atoms. The summed E-state index contributed by atoms with van der Waals surface area (Å²) in [6.07, 6.45) is 27.5. The number of hydrogen-bond donors (Lipinski definition) is 2. The van der Waals surface area contributed by atoms with E-state index in [4.69, 9.17) is 5.73 Å². The van der Waals surface area contributed by atoms with Crippen molar-refractivity contribution in [1.82, 2.24) is 5.32 Å². The van der Waals surface area contributed by atoms with Gasteiger partial charge in [-0.15, -0.1) is 0 Å². The van der Waals surface area contributed by atoms with Crippen LogP contribution in [0.1, 0.15) is 136 Å². The fourth-order valence-corrected chi connectivity index (χ4v) is 3.53. The lowest BCUT2D eigenvalue weighted by atomic mass is 10.0. The Morgan fingerprint density at radius 1 is 0.520 bits per heavy atom. The third-order valence-electron chi connectivity index (χ3n) is 5.25. The van der Waals surface area contributed by atoms with E-state index >= 15 is 0 Å². The molecule has 0 bridgehead atoms. The van der Waals surface area contributed by atoms with E-state index in [1.807, 2.05) is 6.92 Å². The second-order valence-electron chi connectivity index (χ2n) is 8.11. The highest BCUT2D eigenvalue weighted by Crippen LogP contribution is 2.14. The molecular weight excluding hydrogens is 304 g/mol. The van der Waals surface area contributed by atoms with E-state index in [0.29, 0.717) is 0 Å². The number of hydrogen-bond acceptors (Lipinski definition) is 2. The summed E-state index contributed by atoms with van der Waals surface area (Å²) >= 11 is 0. The molecule has 0 aromatic heterocycles. The first-order chi connectivity index (χ1) is 12.3. The molecule has 3 N–H and O–H groups in total. The molecule has 0 amide bonds. The van der Waals surface area contributed by atoms with Crippen LogP contribution in [0.15, 0.2) is 0 Å². The highest BCUT2D eigenvalue weighted by molar-refractivity contribution is 4.53. The first-order valence-corrected chi connectivity index (χ1v) is 11.8. The van der Waals surface area contributed by atoms with Gasteiger partial charge < -0.3 is 11.1 Å². The van der Waals surface area contributed by atoms with Gasteiger partial charge in [0.25, 0.3) is 0 Å². The molecule has 1 unspecified atom stereocenters. The van der Waals surface area contributed by atoms with Crippen LogP contribution in [-0.4, -0.2) is 12.7 Å². The van der Waals surface area contributed by atoms with Gasteiger partial charge in [0.05, 0.1) is 6.17 Å². The van der Waals surface area contributed by atoms with Crippen molar-refractivity contribution < 1.29 is 0 Å². The number of unbranched alkanes of at least 4 members (excludes halogenated alkanes) is 18. The van der Waals surface area contributed by atoms with Crippen LogP contribution in [0, 0.1) is 0 Å². The Hall–Kier alpha value is -0.0800. The largest absolute Gasteiger partial charge is 0.316 e. The summed E-state index contributed by atoms with van der Waals surface area (Å²) in [5, 5.41) is 3.28. The highest BCUT2D eigenvalue weighted by Gasteiger charge is 1.96. The fraction of sp³-hybridized carbons (Fsp3) is 1.00. The van der Waals surface area contributed by atoms with E-state index in [2.05, 4.69) is 12.2 Å². The van der Waals surface area contributed by atoms with E-state index in [1.165, 1.54) is 122 Å². The van der Waals surface area contributed by atoms with E-state index in [1.54, 1.807) is 0 Å². The van der Waals surface area contributed by atoms with Crippen LogP contribution in [0.3, 0.4) is 0 Å². The van der Waals surface area contributed by atoms with Crippen molar-refractivity contribution >= 4 is 0 Å². The molecule has 152 valence electrons. The molecule has 0 saturated heterocycles. The number of rotatable bonds is 21. The Morgan fingerprint density at radius 2 is 0.800 bits per heavy atom. The first kappa shape index (κ1) is 24.9. The topological polar surface area (TPSA) is 38.0 Å². The predicted octanol–water partition coefficient (Wildman–Crippen LogP) is 7.31. The van der Waals surface area contributed by atoms with Crippen molar-refractivity contribution in [3.63, 3.8) is 0 Å². The minimum absolute atomic E-state index is 0.149. The third kappa shape index (κ3) is 23.9. The van der Waals surface area contributed by atoms with Crippen LogP contribution in [0.4, 0.5) is 0 Å². The third-order valence-corrected chi connectivity index (χ3v) is 5.25. The highest BCUT2D eigenvalue weighted by atomic mass is 15.0. The van der Waals surface area contributed by atoms with Crippen molar-refractivity contribution in [3.8, 4) is 0 Å². The maximum Gasteiger partial charge on any atom is 0.0517 e. The average molecular weight is 355 g/mol. The Balaban J connectivity index is 2.96. The zero-order chi connectivity index (χ0) is 18.4. The lowest BCUT2D eigenvalue weighted by Gasteiger charge is -2.07. The average Bonchev–Trinajstić information content (AvgIpc) is 2.60. The SMILES string of the molecule is CCCCCCCCCCCCCCCCCCCCCNC(C)N. The van der Waals surface area contributed by atoms with Gasteiger partial charge in [-0.3, -0.25) is 0 Å². The normalized spacial score (nSPS) is 12.6. The number of nitrogens with two attached hydrogens (primary N) is 1. The fourth-order valence-electron chi connectivity index (χ4n) is 3.53.